The molecule has 0 aromatic rings. The van der Waals surface area contributed by atoms with Gasteiger partial charge in [0.25, 0.3) is 0 Å². The zero-order valence-electron chi connectivity index (χ0n) is 7.80. The quantitative estimate of drug-likeness (QED) is 0.619. The molecule has 1 atom stereocenters. The van der Waals surface area contributed by atoms with Crippen molar-refractivity contribution in [1.82, 2.24) is 4.90 Å². The van der Waals surface area contributed by atoms with Crippen LogP contribution >= 0.6 is 0 Å². The van der Waals surface area contributed by atoms with Gasteiger partial charge in [-0.25, -0.2) is 0 Å². The monoisotopic (exact) mass is 157 g/mol. The molecule has 0 unspecified atom stereocenters. The molecule has 11 heavy (non-hydrogen) atoms. The van der Waals surface area contributed by atoms with E-state index in [0.29, 0.717) is 12.6 Å². The molecule has 0 amide bonds. The third-order valence-corrected chi connectivity index (χ3v) is 2.45. The molecule has 1 rings (SSSR count). The van der Waals surface area contributed by atoms with Crippen LogP contribution < -0.4 is 0 Å². The number of likely N-dealkylation sites (tertiary alicyclic amines) is 1. The van der Waals surface area contributed by atoms with Crippen LogP contribution in [-0.4, -0.2) is 34.7 Å². The van der Waals surface area contributed by atoms with Gasteiger partial charge in [-0.1, -0.05) is 0 Å². The normalized spacial score (nSPS) is 27.8. The summed E-state index contributed by atoms with van der Waals surface area (Å²) >= 11 is 0. The van der Waals surface area contributed by atoms with Gasteiger partial charge in [-0.05, 0) is 40.2 Å². The van der Waals surface area contributed by atoms with Gasteiger partial charge >= 0.3 is 0 Å². The Labute approximate surface area is 69.2 Å². The number of aliphatic hydroxyl groups is 1. The predicted molar refractivity (Wildman–Crippen MR) is 46.6 cm³/mol. The molecule has 1 saturated heterocycles. The first-order chi connectivity index (χ1) is 5.05. The smallest absolute Gasteiger partial charge is 0.0587 e. The van der Waals surface area contributed by atoms with Crippen molar-refractivity contribution in [2.45, 2.75) is 45.2 Å². The first kappa shape index (κ1) is 9.01. The Morgan fingerprint density at radius 1 is 1.45 bits per heavy atom. The molecule has 0 aromatic heterocycles. The van der Waals surface area contributed by atoms with Crippen LogP contribution in [0.15, 0.2) is 0 Å². The highest BCUT2D eigenvalue weighted by Crippen LogP contribution is 2.25. The zero-order valence-corrected chi connectivity index (χ0v) is 7.80. The van der Waals surface area contributed by atoms with Crippen molar-refractivity contribution in [2.24, 2.45) is 0 Å². The van der Waals surface area contributed by atoms with Crippen LogP contribution in [0.4, 0.5) is 0 Å². The van der Waals surface area contributed by atoms with Gasteiger partial charge in [0.15, 0.2) is 0 Å². The van der Waals surface area contributed by atoms with E-state index in [1.165, 1.54) is 6.42 Å². The number of aliphatic hydroxyl groups excluding tert-OH is 1. The highest BCUT2D eigenvalue weighted by atomic mass is 16.3. The Hall–Kier alpha value is -0.0800. The first-order valence-corrected chi connectivity index (χ1v) is 4.43. The minimum absolute atomic E-state index is 0.226. The van der Waals surface area contributed by atoms with Crippen molar-refractivity contribution in [3.63, 3.8) is 0 Å². The largest absolute Gasteiger partial charge is 0.395 e. The number of hydrogen-bond acceptors (Lipinski definition) is 2. The Morgan fingerprint density at radius 2 is 2.09 bits per heavy atom. The summed E-state index contributed by atoms with van der Waals surface area (Å²) in [5.41, 5.74) is 0.226. The molecule has 0 spiro atoms. The molecule has 0 aromatic carbocycles. The average Bonchev–Trinajstić information content (AvgIpc) is 2.31. The fraction of sp³-hybridized carbons (Fsp3) is 1.00. The second kappa shape index (κ2) is 3.11. The Balaban J connectivity index is 2.57. The van der Waals surface area contributed by atoms with E-state index < -0.39 is 0 Å². The van der Waals surface area contributed by atoms with E-state index in [4.69, 9.17) is 5.11 Å². The van der Waals surface area contributed by atoms with E-state index in [1.807, 2.05) is 0 Å². The van der Waals surface area contributed by atoms with E-state index in [0.717, 1.165) is 13.0 Å². The second-order valence-corrected chi connectivity index (χ2v) is 4.34. The second-order valence-electron chi connectivity index (χ2n) is 4.34. The SMILES string of the molecule is CC(C)(C)N1CCC[C@@H]1CO. The molecule has 2 heteroatoms. The summed E-state index contributed by atoms with van der Waals surface area (Å²) in [6, 6.07) is 0.412. The van der Waals surface area contributed by atoms with Crippen molar-refractivity contribution < 1.29 is 5.11 Å². The zero-order chi connectivity index (χ0) is 8.48. The third kappa shape index (κ3) is 1.94. The molecule has 2 nitrogen and oxygen atoms in total. The maximum atomic E-state index is 9.06. The lowest BCUT2D eigenvalue weighted by Crippen LogP contribution is -2.45. The van der Waals surface area contributed by atoms with Crippen molar-refractivity contribution in [3.8, 4) is 0 Å². The van der Waals surface area contributed by atoms with Gasteiger partial charge in [-0.15, -0.1) is 0 Å². The molecule has 0 radical (unpaired) electrons. The topological polar surface area (TPSA) is 23.5 Å². The lowest BCUT2D eigenvalue weighted by molar-refractivity contribution is 0.0804. The van der Waals surface area contributed by atoms with Crippen molar-refractivity contribution >= 4 is 0 Å². The molecule has 1 aliphatic heterocycles. The van der Waals surface area contributed by atoms with Gasteiger partial charge in [0.05, 0.1) is 6.61 Å². The Bertz CT molecular complexity index is 128. The minimum atomic E-state index is 0.226. The summed E-state index contributed by atoms with van der Waals surface area (Å²) < 4.78 is 0. The van der Waals surface area contributed by atoms with E-state index in [9.17, 15) is 0 Å². The fourth-order valence-electron chi connectivity index (χ4n) is 1.91. The van der Waals surface area contributed by atoms with Crippen LogP contribution in [0.5, 0.6) is 0 Å². The lowest BCUT2D eigenvalue weighted by Gasteiger charge is -2.36. The van der Waals surface area contributed by atoms with E-state index in [2.05, 4.69) is 25.7 Å². The van der Waals surface area contributed by atoms with Gasteiger partial charge in [-0.3, -0.25) is 4.90 Å². The average molecular weight is 157 g/mol. The van der Waals surface area contributed by atoms with Gasteiger partial charge in [0.2, 0.25) is 0 Å². The fourth-order valence-corrected chi connectivity index (χ4v) is 1.91. The van der Waals surface area contributed by atoms with Crippen LogP contribution in [0.3, 0.4) is 0 Å². The molecule has 1 N–H and O–H groups in total. The molecular formula is C9H19NO. The number of rotatable bonds is 1. The first-order valence-electron chi connectivity index (χ1n) is 4.43. The Kier molecular flexibility index (Phi) is 2.55. The maximum absolute atomic E-state index is 9.06. The molecule has 66 valence electrons. The Morgan fingerprint density at radius 3 is 2.45 bits per heavy atom. The predicted octanol–water partition coefficient (Wildman–Crippen LogP) is 1.24. The van der Waals surface area contributed by atoms with Gasteiger partial charge in [0, 0.05) is 11.6 Å². The molecule has 0 bridgehead atoms. The van der Waals surface area contributed by atoms with Gasteiger partial charge < -0.3 is 5.11 Å². The summed E-state index contributed by atoms with van der Waals surface area (Å²) in [4.78, 5) is 2.40. The molecule has 1 heterocycles. The third-order valence-electron chi connectivity index (χ3n) is 2.45. The summed E-state index contributed by atoms with van der Waals surface area (Å²) in [6.45, 7) is 8.09. The summed E-state index contributed by atoms with van der Waals surface area (Å²) in [5.74, 6) is 0. The van der Waals surface area contributed by atoms with Crippen LogP contribution in [0.1, 0.15) is 33.6 Å². The van der Waals surface area contributed by atoms with Gasteiger partial charge in [-0.2, -0.15) is 0 Å². The molecule has 1 aliphatic rings. The summed E-state index contributed by atoms with van der Waals surface area (Å²) in [7, 11) is 0. The standard InChI is InChI=1S/C9H19NO/c1-9(2,3)10-6-4-5-8(10)7-11/h8,11H,4-7H2,1-3H3/t8-/m1/s1. The lowest BCUT2D eigenvalue weighted by atomic mass is 10.1. The molecule has 0 aliphatic carbocycles. The van der Waals surface area contributed by atoms with Crippen molar-refractivity contribution in [2.75, 3.05) is 13.2 Å². The highest BCUT2D eigenvalue weighted by molar-refractivity contribution is 4.87. The molecule has 0 saturated carbocycles. The van der Waals surface area contributed by atoms with Crippen LogP contribution in [-0.2, 0) is 0 Å². The molecular weight excluding hydrogens is 138 g/mol. The molecule has 1 fully saturated rings. The number of nitrogens with zero attached hydrogens (tertiary/aromatic N) is 1. The van der Waals surface area contributed by atoms with E-state index in [1.54, 1.807) is 0 Å². The summed E-state index contributed by atoms with van der Waals surface area (Å²) in [5, 5.41) is 9.06. The summed E-state index contributed by atoms with van der Waals surface area (Å²) in [6.07, 6.45) is 2.40. The maximum Gasteiger partial charge on any atom is 0.0587 e. The van der Waals surface area contributed by atoms with Crippen molar-refractivity contribution in [1.29, 1.82) is 0 Å². The van der Waals surface area contributed by atoms with E-state index >= 15 is 0 Å². The van der Waals surface area contributed by atoms with Crippen LogP contribution in [0.2, 0.25) is 0 Å². The van der Waals surface area contributed by atoms with Crippen LogP contribution in [0.25, 0.3) is 0 Å². The number of hydrogen-bond donors (Lipinski definition) is 1. The van der Waals surface area contributed by atoms with Gasteiger partial charge in [0.1, 0.15) is 0 Å². The minimum Gasteiger partial charge on any atom is -0.395 e. The van der Waals surface area contributed by atoms with E-state index in [-0.39, 0.29) is 5.54 Å². The van der Waals surface area contributed by atoms with Crippen LogP contribution in [0, 0.1) is 0 Å². The highest BCUT2D eigenvalue weighted by Gasteiger charge is 2.31. The van der Waals surface area contributed by atoms with Crippen molar-refractivity contribution in [3.05, 3.63) is 0 Å².